The molecule has 0 aromatic carbocycles. The Morgan fingerprint density at radius 2 is 2.22 bits per heavy atom. The van der Waals surface area contributed by atoms with Crippen molar-refractivity contribution in [1.29, 1.82) is 0 Å². The van der Waals surface area contributed by atoms with Gasteiger partial charge >= 0.3 is 0 Å². The zero-order valence-electron chi connectivity index (χ0n) is 10.3. The number of nitrogens with one attached hydrogen (secondary N) is 1. The largest absolute Gasteiger partial charge is 0.383 e. The molecule has 2 atom stereocenters. The molecule has 0 amide bonds. The average molecular weight is 346 g/mol. The maximum atomic E-state index is 10.4. The summed E-state index contributed by atoms with van der Waals surface area (Å²) in [7, 11) is 0. The Bertz CT molecular complexity index is 493. The minimum atomic E-state index is -0.809. The van der Waals surface area contributed by atoms with Crippen LogP contribution in [0.2, 0.25) is 0 Å². The van der Waals surface area contributed by atoms with E-state index in [2.05, 4.69) is 40.3 Å². The molecule has 0 saturated carbocycles. The maximum Gasteiger partial charge on any atom is 0.108 e. The highest BCUT2D eigenvalue weighted by Crippen LogP contribution is 2.29. The summed E-state index contributed by atoms with van der Waals surface area (Å²) in [5.74, 6) is 0. The van der Waals surface area contributed by atoms with Crippen molar-refractivity contribution in [2.45, 2.75) is 25.5 Å². The fourth-order valence-corrected chi connectivity index (χ4v) is 3.92. The van der Waals surface area contributed by atoms with Crippen LogP contribution in [0, 0.1) is 0 Å². The topological polar surface area (TPSA) is 32.3 Å². The molecule has 0 aliphatic heterocycles. The lowest BCUT2D eigenvalue weighted by atomic mass is 10.0. The normalized spacial score (nSPS) is 16.4. The van der Waals surface area contributed by atoms with Gasteiger partial charge in [0.2, 0.25) is 0 Å². The Labute approximate surface area is 124 Å². The summed E-state index contributed by atoms with van der Waals surface area (Å²) in [4.78, 5) is 2.26. The second-order valence-electron chi connectivity index (χ2n) is 4.50. The summed E-state index contributed by atoms with van der Waals surface area (Å²) < 4.78 is 1.14. The van der Waals surface area contributed by atoms with Crippen molar-refractivity contribution in [3.05, 3.63) is 43.2 Å². The average Bonchev–Trinajstić information content (AvgIpc) is 2.96. The Balaban J connectivity index is 1.95. The summed E-state index contributed by atoms with van der Waals surface area (Å²) in [6.45, 7) is 4.51. The first-order chi connectivity index (χ1) is 8.49. The molecule has 2 aromatic heterocycles. The van der Waals surface area contributed by atoms with E-state index in [4.69, 9.17) is 0 Å². The van der Waals surface area contributed by atoms with Gasteiger partial charge in [-0.1, -0.05) is 6.07 Å². The van der Waals surface area contributed by atoms with E-state index in [9.17, 15) is 5.11 Å². The monoisotopic (exact) mass is 345 g/mol. The van der Waals surface area contributed by atoms with Gasteiger partial charge in [0.1, 0.15) is 5.60 Å². The Morgan fingerprint density at radius 1 is 1.44 bits per heavy atom. The number of aliphatic hydroxyl groups is 1. The molecule has 5 heteroatoms. The standard InChI is InChI=1S/C13H16BrNOS2/c1-9(10-5-6-12(14)18-10)15-8-13(2,16)11-4-3-7-17-11/h3-7,9,15-16H,8H2,1-2H3. The number of thiophene rings is 2. The van der Waals surface area contributed by atoms with Crippen LogP contribution in [0.25, 0.3) is 0 Å². The molecular formula is C13H16BrNOS2. The van der Waals surface area contributed by atoms with Crippen molar-refractivity contribution in [3.8, 4) is 0 Å². The van der Waals surface area contributed by atoms with Crippen LogP contribution in [-0.4, -0.2) is 11.7 Å². The summed E-state index contributed by atoms with van der Waals surface area (Å²) in [5.41, 5.74) is -0.809. The molecular weight excluding hydrogens is 330 g/mol. The summed E-state index contributed by atoms with van der Waals surface area (Å²) >= 11 is 6.77. The predicted octanol–water partition coefficient (Wildman–Crippen LogP) is 4.13. The molecule has 18 heavy (non-hydrogen) atoms. The minimum Gasteiger partial charge on any atom is -0.383 e. The van der Waals surface area contributed by atoms with Crippen LogP contribution < -0.4 is 5.32 Å². The number of hydrogen-bond donors (Lipinski definition) is 2. The van der Waals surface area contributed by atoms with E-state index >= 15 is 0 Å². The highest BCUT2D eigenvalue weighted by atomic mass is 79.9. The SMILES string of the molecule is CC(NCC(C)(O)c1cccs1)c1ccc(Br)s1. The lowest BCUT2D eigenvalue weighted by Gasteiger charge is -2.24. The van der Waals surface area contributed by atoms with E-state index in [1.54, 1.807) is 22.7 Å². The predicted molar refractivity (Wildman–Crippen MR) is 82.3 cm³/mol. The molecule has 98 valence electrons. The number of hydrogen-bond acceptors (Lipinski definition) is 4. The first kappa shape index (κ1) is 14.2. The van der Waals surface area contributed by atoms with Crippen molar-refractivity contribution in [2.24, 2.45) is 0 Å². The van der Waals surface area contributed by atoms with Gasteiger partial charge in [-0.25, -0.2) is 0 Å². The minimum absolute atomic E-state index is 0.243. The van der Waals surface area contributed by atoms with E-state index in [1.807, 2.05) is 24.4 Å². The lowest BCUT2D eigenvalue weighted by Crippen LogP contribution is -2.35. The highest BCUT2D eigenvalue weighted by Gasteiger charge is 2.24. The molecule has 2 heterocycles. The van der Waals surface area contributed by atoms with Crippen molar-refractivity contribution < 1.29 is 5.11 Å². The van der Waals surface area contributed by atoms with Gasteiger partial charge in [0.15, 0.2) is 0 Å². The van der Waals surface area contributed by atoms with Crippen LogP contribution in [0.3, 0.4) is 0 Å². The third-order valence-corrected chi connectivity index (χ3v) is 5.75. The lowest BCUT2D eigenvalue weighted by molar-refractivity contribution is 0.0582. The Hall–Kier alpha value is -0.200. The van der Waals surface area contributed by atoms with E-state index in [1.165, 1.54) is 4.88 Å². The first-order valence-electron chi connectivity index (χ1n) is 5.74. The third-order valence-electron chi connectivity index (χ3n) is 2.83. The molecule has 0 bridgehead atoms. The van der Waals surface area contributed by atoms with Crippen LogP contribution in [0.4, 0.5) is 0 Å². The zero-order valence-corrected chi connectivity index (χ0v) is 13.5. The smallest absolute Gasteiger partial charge is 0.108 e. The molecule has 0 spiro atoms. The first-order valence-corrected chi connectivity index (χ1v) is 8.23. The van der Waals surface area contributed by atoms with Gasteiger partial charge in [-0.15, -0.1) is 22.7 Å². The molecule has 2 rings (SSSR count). The molecule has 0 aliphatic rings. The quantitative estimate of drug-likeness (QED) is 0.853. The van der Waals surface area contributed by atoms with E-state index < -0.39 is 5.60 Å². The van der Waals surface area contributed by atoms with Crippen molar-refractivity contribution in [1.82, 2.24) is 5.32 Å². The summed E-state index contributed by atoms with van der Waals surface area (Å²) in [6, 6.07) is 8.34. The molecule has 0 saturated heterocycles. The van der Waals surface area contributed by atoms with Crippen molar-refractivity contribution in [2.75, 3.05) is 6.54 Å². The van der Waals surface area contributed by atoms with Crippen LogP contribution in [0.5, 0.6) is 0 Å². The molecule has 2 aromatic rings. The second-order valence-corrected chi connectivity index (χ2v) is 7.94. The van der Waals surface area contributed by atoms with Gasteiger partial charge in [0, 0.05) is 22.3 Å². The van der Waals surface area contributed by atoms with Gasteiger partial charge in [0.05, 0.1) is 3.79 Å². The zero-order chi connectivity index (χ0) is 13.2. The summed E-state index contributed by atoms with van der Waals surface area (Å²) in [5, 5.41) is 15.8. The summed E-state index contributed by atoms with van der Waals surface area (Å²) in [6.07, 6.45) is 0. The molecule has 0 aliphatic carbocycles. The van der Waals surface area contributed by atoms with Gasteiger partial charge in [-0.2, -0.15) is 0 Å². The fourth-order valence-electron chi connectivity index (χ4n) is 1.69. The number of halogens is 1. The second kappa shape index (κ2) is 5.84. The van der Waals surface area contributed by atoms with E-state index in [0.29, 0.717) is 6.54 Å². The Morgan fingerprint density at radius 3 is 2.78 bits per heavy atom. The van der Waals surface area contributed by atoms with Gasteiger partial charge in [0.25, 0.3) is 0 Å². The fraction of sp³-hybridized carbons (Fsp3) is 0.385. The maximum absolute atomic E-state index is 10.4. The molecule has 2 unspecified atom stereocenters. The van der Waals surface area contributed by atoms with Crippen LogP contribution >= 0.6 is 38.6 Å². The molecule has 0 fully saturated rings. The van der Waals surface area contributed by atoms with Crippen LogP contribution in [-0.2, 0) is 5.60 Å². The van der Waals surface area contributed by atoms with Gasteiger partial charge < -0.3 is 10.4 Å². The number of rotatable bonds is 5. The Kier molecular flexibility index (Phi) is 4.61. The molecule has 2 N–H and O–H groups in total. The van der Waals surface area contributed by atoms with Crippen molar-refractivity contribution >= 4 is 38.6 Å². The van der Waals surface area contributed by atoms with E-state index in [0.717, 1.165) is 8.66 Å². The molecule has 2 nitrogen and oxygen atoms in total. The third kappa shape index (κ3) is 3.42. The molecule has 0 radical (unpaired) electrons. The van der Waals surface area contributed by atoms with Gasteiger partial charge in [-0.3, -0.25) is 0 Å². The van der Waals surface area contributed by atoms with Crippen LogP contribution in [0.15, 0.2) is 33.4 Å². The highest BCUT2D eigenvalue weighted by molar-refractivity contribution is 9.11. The van der Waals surface area contributed by atoms with Crippen molar-refractivity contribution in [3.63, 3.8) is 0 Å². The van der Waals surface area contributed by atoms with E-state index in [-0.39, 0.29) is 6.04 Å². The van der Waals surface area contributed by atoms with Crippen LogP contribution in [0.1, 0.15) is 29.6 Å². The van der Waals surface area contributed by atoms with Gasteiger partial charge in [-0.05, 0) is 53.4 Å².